The van der Waals surface area contributed by atoms with Crippen molar-refractivity contribution in [2.24, 2.45) is 0 Å². The van der Waals surface area contributed by atoms with E-state index in [1.165, 1.54) is 0 Å². The van der Waals surface area contributed by atoms with Crippen LogP contribution in [0.3, 0.4) is 0 Å². The minimum Gasteiger partial charge on any atom is -0.346 e. The number of anilines is 1. The Bertz CT molecular complexity index is 852. The van der Waals surface area contributed by atoms with Crippen LogP contribution in [0.5, 0.6) is 0 Å². The molecular formula is C16H17N5OS. The maximum absolute atomic E-state index is 12.1. The van der Waals surface area contributed by atoms with E-state index < -0.39 is 0 Å². The molecule has 0 atom stereocenters. The Balaban J connectivity index is 1.46. The molecule has 4 heterocycles. The van der Waals surface area contributed by atoms with Crippen LogP contribution in [0.25, 0.3) is 5.65 Å². The van der Waals surface area contributed by atoms with Crippen LogP contribution in [0, 0.1) is 0 Å². The van der Waals surface area contributed by atoms with E-state index in [9.17, 15) is 4.79 Å². The molecule has 23 heavy (non-hydrogen) atoms. The van der Waals surface area contributed by atoms with Crippen LogP contribution in [0.4, 0.5) is 5.13 Å². The molecule has 0 N–H and O–H groups in total. The predicted molar refractivity (Wildman–Crippen MR) is 91.1 cm³/mol. The normalized spacial score (nSPS) is 16.1. The topological polar surface area (TPSA) is 53.7 Å². The Morgan fingerprint density at radius 3 is 2.83 bits per heavy atom. The lowest BCUT2D eigenvalue weighted by Gasteiger charge is -2.34. The summed E-state index contributed by atoms with van der Waals surface area (Å²) in [6.45, 7) is 4.54. The van der Waals surface area contributed by atoms with Crippen LogP contribution >= 0.6 is 11.3 Å². The molecule has 1 aliphatic heterocycles. The van der Waals surface area contributed by atoms with Crippen LogP contribution in [-0.4, -0.2) is 45.4 Å². The number of pyridine rings is 1. The first-order valence-electron chi connectivity index (χ1n) is 7.64. The SMILES string of the molecule is O=c1cc(CN2CCN(c3nccs3)CC2)nc2ccccn12. The van der Waals surface area contributed by atoms with E-state index in [0.717, 1.165) is 37.0 Å². The average Bonchev–Trinajstić information content (AvgIpc) is 3.10. The van der Waals surface area contributed by atoms with Gasteiger partial charge in [-0.3, -0.25) is 14.1 Å². The second-order valence-corrected chi connectivity index (χ2v) is 6.47. The molecule has 0 spiro atoms. The maximum atomic E-state index is 12.1. The quantitative estimate of drug-likeness (QED) is 0.729. The molecular weight excluding hydrogens is 310 g/mol. The molecule has 1 saturated heterocycles. The molecule has 0 aromatic carbocycles. The molecule has 1 fully saturated rings. The van der Waals surface area contributed by atoms with Crippen molar-refractivity contribution < 1.29 is 0 Å². The molecule has 0 saturated carbocycles. The lowest BCUT2D eigenvalue weighted by atomic mass is 10.3. The summed E-state index contributed by atoms with van der Waals surface area (Å²) in [6, 6.07) is 7.25. The summed E-state index contributed by atoms with van der Waals surface area (Å²) in [6.07, 6.45) is 3.60. The molecule has 3 aromatic rings. The molecule has 0 unspecified atom stereocenters. The summed E-state index contributed by atoms with van der Waals surface area (Å²) in [5.74, 6) is 0. The maximum Gasteiger partial charge on any atom is 0.258 e. The molecule has 4 rings (SSSR count). The molecule has 7 heteroatoms. The molecule has 3 aromatic heterocycles. The van der Waals surface area contributed by atoms with Gasteiger partial charge < -0.3 is 4.90 Å². The van der Waals surface area contributed by atoms with Gasteiger partial charge in [-0.15, -0.1) is 11.3 Å². The number of nitrogens with zero attached hydrogens (tertiary/aromatic N) is 5. The van der Waals surface area contributed by atoms with Crippen molar-refractivity contribution in [2.45, 2.75) is 6.54 Å². The van der Waals surface area contributed by atoms with Crippen molar-refractivity contribution in [2.75, 3.05) is 31.1 Å². The fourth-order valence-electron chi connectivity index (χ4n) is 2.88. The average molecular weight is 327 g/mol. The third-order valence-corrected chi connectivity index (χ3v) is 4.90. The van der Waals surface area contributed by atoms with Gasteiger partial charge in [-0.25, -0.2) is 9.97 Å². The van der Waals surface area contributed by atoms with Gasteiger partial charge in [0, 0.05) is 56.6 Å². The highest BCUT2D eigenvalue weighted by atomic mass is 32.1. The van der Waals surface area contributed by atoms with Crippen molar-refractivity contribution in [1.82, 2.24) is 19.3 Å². The summed E-state index contributed by atoms with van der Waals surface area (Å²) in [4.78, 5) is 25.7. The van der Waals surface area contributed by atoms with Crippen LogP contribution in [-0.2, 0) is 6.54 Å². The van der Waals surface area contributed by atoms with E-state index in [-0.39, 0.29) is 5.56 Å². The van der Waals surface area contributed by atoms with Gasteiger partial charge in [-0.05, 0) is 12.1 Å². The minimum atomic E-state index is -0.0213. The molecule has 118 valence electrons. The monoisotopic (exact) mass is 327 g/mol. The number of piperazine rings is 1. The summed E-state index contributed by atoms with van der Waals surface area (Å²) >= 11 is 1.68. The number of thiazole rings is 1. The zero-order chi connectivity index (χ0) is 15.6. The largest absolute Gasteiger partial charge is 0.346 e. The van der Waals surface area contributed by atoms with Crippen molar-refractivity contribution in [1.29, 1.82) is 0 Å². The van der Waals surface area contributed by atoms with Crippen LogP contribution in [0.15, 0.2) is 46.8 Å². The zero-order valence-corrected chi connectivity index (χ0v) is 13.4. The standard InChI is InChI=1S/C16H17N5OS/c22-15-11-13(18-14-3-1-2-5-21(14)15)12-19-6-8-20(9-7-19)16-17-4-10-23-16/h1-5,10-11H,6-9,12H2. The van der Waals surface area contributed by atoms with E-state index in [2.05, 4.69) is 19.8 Å². The number of rotatable bonds is 3. The second kappa shape index (κ2) is 6.10. The summed E-state index contributed by atoms with van der Waals surface area (Å²) in [5.41, 5.74) is 1.52. The fourth-order valence-corrected chi connectivity index (χ4v) is 3.58. The van der Waals surface area contributed by atoms with Gasteiger partial charge in [0.15, 0.2) is 5.13 Å². The van der Waals surface area contributed by atoms with Gasteiger partial charge in [-0.2, -0.15) is 0 Å². The van der Waals surface area contributed by atoms with Crippen molar-refractivity contribution in [3.63, 3.8) is 0 Å². The highest BCUT2D eigenvalue weighted by molar-refractivity contribution is 7.13. The van der Waals surface area contributed by atoms with Crippen molar-refractivity contribution >= 4 is 22.1 Å². The number of fused-ring (bicyclic) bond motifs is 1. The molecule has 0 amide bonds. The van der Waals surface area contributed by atoms with E-state index in [0.29, 0.717) is 12.2 Å². The summed E-state index contributed by atoms with van der Waals surface area (Å²) in [5, 5.41) is 3.10. The molecule has 1 aliphatic rings. The van der Waals surface area contributed by atoms with Gasteiger partial charge in [0.25, 0.3) is 5.56 Å². The Morgan fingerprint density at radius 2 is 2.04 bits per heavy atom. The minimum absolute atomic E-state index is 0.0213. The zero-order valence-electron chi connectivity index (χ0n) is 12.6. The third kappa shape index (κ3) is 2.97. The summed E-state index contributed by atoms with van der Waals surface area (Å²) in [7, 11) is 0. The van der Waals surface area contributed by atoms with Crippen LogP contribution in [0.1, 0.15) is 5.69 Å². The molecule has 0 aliphatic carbocycles. The Morgan fingerprint density at radius 1 is 1.17 bits per heavy atom. The van der Waals surface area contributed by atoms with E-state index >= 15 is 0 Å². The molecule has 6 nitrogen and oxygen atoms in total. The van der Waals surface area contributed by atoms with Crippen molar-refractivity contribution in [3.8, 4) is 0 Å². The fraction of sp³-hybridized carbons (Fsp3) is 0.312. The highest BCUT2D eigenvalue weighted by Gasteiger charge is 2.19. The molecule has 0 radical (unpaired) electrons. The van der Waals surface area contributed by atoms with E-state index in [4.69, 9.17) is 0 Å². The van der Waals surface area contributed by atoms with Gasteiger partial charge in [0.2, 0.25) is 0 Å². The van der Waals surface area contributed by atoms with E-state index in [1.807, 2.05) is 29.8 Å². The van der Waals surface area contributed by atoms with Crippen LogP contribution in [0.2, 0.25) is 0 Å². The number of aromatic nitrogens is 3. The van der Waals surface area contributed by atoms with Gasteiger partial charge in [0.1, 0.15) is 5.65 Å². The first kappa shape index (κ1) is 14.3. The summed E-state index contributed by atoms with van der Waals surface area (Å²) < 4.78 is 1.57. The lowest BCUT2D eigenvalue weighted by Crippen LogP contribution is -2.46. The first-order valence-corrected chi connectivity index (χ1v) is 8.52. The highest BCUT2D eigenvalue weighted by Crippen LogP contribution is 2.19. The molecule has 0 bridgehead atoms. The smallest absolute Gasteiger partial charge is 0.258 e. The Labute approximate surface area is 137 Å². The van der Waals surface area contributed by atoms with Crippen molar-refractivity contribution in [3.05, 3.63) is 58.1 Å². The number of hydrogen-bond acceptors (Lipinski definition) is 6. The Hall–Kier alpha value is -2.25. The third-order valence-electron chi connectivity index (χ3n) is 4.07. The first-order chi connectivity index (χ1) is 11.3. The van der Waals surface area contributed by atoms with Gasteiger partial charge in [0.05, 0.1) is 5.69 Å². The Kier molecular flexibility index (Phi) is 3.80. The van der Waals surface area contributed by atoms with Crippen LogP contribution < -0.4 is 10.5 Å². The van der Waals surface area contributed by atoms with Gasteiger partial charge >= 0.3 is 0 Å². The number of hydrogen-bond donors (Lipinski definition) is 0. The lowest BCUT2D eigenvalue weighted by molar-refractivity contribution is 0.247. The van der Waals surface area contributed by atoms with E-state index in [1.54, 1.807) is 28.0 Å². The second-order valence-electron chi connectivity index (χ2n) is 5.59. The predicted octanol–water partition coefficient (Wildman–Crippen LogP) is 1.47. The van der Waals surface area contributed by atoms with Gasteiger partial charge in [-0.1, -0.05) is 6.07 Å².